The smallest absolute Gasteiger partial charge is 0.261 e. The third-order valence-electron chi connectivity index (χ3n) is 4.91. The molecule has 0 fully saturated rings. The van der Waals surface area contributed by atoms with Crippen molar-refractivity contribution in [3.05, 3.63) is 64.7 Å². The maximum absolute atomic E-state index is 13.0. The van der Waals surface area contributed by atoms with E-state index < -0.39 is 6.04 Å². The standard InChI is InChI=1S/C23H29ClN2O3/c1-5-17(3)25-23(28)18(4)26(14-19-11-7-8-12-20(19)24)22(27)15-29-21-13-9-6-10-16(21)2/h6-13,17-18H,5,14-15H2,1-4H3,(H,25,28)/t17-,18-/m0/s1. The average molecular weight is 417 g/mol. The Morgan fingerprint density at radius 3 is 2.41 bits per heavy atom. The molecule has 0 aliphatic carbocycles. The molecule has 0 saturated heterocycles. The van der Waals surface area contributed by atoms with Crippen molar-refractivity contribution in [1.29, 1.82) is 0 Å². The summed E-state index contributed by atoms with van der Waals surface area (Å²) in [6.45, 7) is 7.65. The van der Waals surface area contributed by atoms with Crippen molar-refractivity contribution in [2.45, 2.75) is 52.7 Å². The number of ether oxygens (including phenoxy) is 1. The Bertz CT molecular complexity index is 840. The molecule has 2 rings (SSSR count). The van der Waals surface area contributed by atoms with E-state index >= 15 is 0 Å². The van der Waals surface area contributed by atoms with E-state index in [1.54, 1.807) is 13.0 Å². The third-order valence-corrected chi connectivity index (χ3v) is 5.28. The highest BCUT2D eigenvalue weighted by molar-refractivity contribution is 6.31. The van der Waals surface area contributed by atoms with Crippen LogP contribution in [-0.2, 0) is 16.1 Å². The molecular formula is C23H29ClN2O3. The lowest BCUT2D eigenvalue weighted by atomic mass is 10.1. The normalized spacial score (nSPS) is 12.7. The number of rotatable bonds is 9. The van der Waals surface area contributed by atoms with Crippen molar-refractivity contribution in [2.24, 2.45) is 0 Å². The fourth-order valence-corrected chi connectivity index (χ4v) is 2.99. The average Bonchev–Trinajstić information content (AvgIpc) is 2.71. The van der Waals surface area contributed by atoms with Crippen LogP contribution in [0.3, 0.4) is 0 Å². The van der Waals surface area contributed by atoms with Crippen molar-refractivity contribution < 1.29 is 14.3 Å². The van der Waals surface area contributed by atoms with Crippen LogP contribution < -0.4 is 10.1 Å². The Morgan fingerprint density at radius 1 is 1.10 bits per heavy atom. The molecule has 2 amide bonds. The van der Waals surface area contributed by atoms with Gasteiger partial charge in [0.15, 0.2) is 6.61 Å². The van der Waals surface area contributed by atoms with E-state index in [2.05, 4.69) is 5.32 Å². The fourth-order valence-electron chi connectivity index (χ4n) is 2.80. The van der Waals surface area contributed by atoms with Gasteiger partial charge in [0.05, 0.1) is 0 Å². The number of carbonyl (C=O) groups excluding carboxylic acids is 2. The summed E-state index contributed by atoms with van der Waals surface area (Å²) >= 11 is 6.29. The first-order valence-corrected chi connectivity index (χ1v) is 10.2. The molecule has 0 radical (unpaired) electrons. The molecule has 1 N–H and O–H groups in total. The number of carbonyl (C=O) groups is 2. The van der Waals surface area contributed by atoms with Crippen molar-refractivity contribution in [3.63, 3.8) is 0 Å². The predicted molar refractivity (Wildman–Crippen MR) is 116 cm³/mol. The molecule has 0 saturated carbocycles. The lowest BCUT2D eigenvalue weighted by molar-refractivity contribution is -0.142. The maximum Gasteiger partial charge on any atom is 0.261 e. The highest BCUT2D eigenvalue weighted by Crippen LogP contribution is 2.20. The Balaban J connectivity index is 2.18. The highest BCUT2D eigenvalue weighted by Gasteiger charge is 2.27. The van der Waals surface area contributed by atoms with Crippen molar-refractivity contribution in [2.75, 3.05) is 6.61 Å². The zero-order chi connectivity index (χ0) is 21.4. The first-order chi connectivity index (χ1) is 13.8. The first-order valence-electron chi connectivity index (χ1n) is 9.85. The van der Waals surface area contributed by atoms with E-state index in [1.807, 2.05) is 63.2 Å². The molecule has 0 bridgehead atoms. The molecule has 0 aromatic heterocycles. The van der Waals surface area contributed by atoms with Gasteiger partial charge >= 0.3 is 0 Å². The Kier molecular flexibility index (Phi) is 8.52. The number of aryl methyl sites for hydroxylation is 1. The summed E-state index contributed by atoms with van der Waals surface area (Å²) in [7, 11) is 0. The van der Waals surface area contributed by atoms with Crippen molar-refractivity contribution >= 4 is 23.4 Å². The zero-order valence-corrected chi connectivity index (χ0v) is 18.2. The molecule has 0 aliphatic heterocycles. The molecular weight excluding hydrogens is 388 g/mol. The lowest BCUT2D eigenvalue weighted by Gasteiger charge is -2.30. The molecule has 156 valence electrons. The number of hydrogen-bond acceptors (Lipinski definition) is 3. The van der Waals surface area contributed by atoms with Gasteiger partial charge in [-0.25, -0.2) is 0 Å². The second-order valence-corrected chi connectivity index (χ2v) is 7.57. The van der Waals surface area contributed by atoms with Crippen molar-refractivity contribution in [1.82, 2.24) is 10.2 Å². The van der Waals surface area contributed by atoms with Gasteiger partial charge in [-0.2, -0.15) is 0 Å². The predicted octanol–water partition coefficient (Wildman–Crippen LogP) is 4.36. The van der Waals surface area contributed by atoms with Crippen LogP contribution in [0, 0.1) is 6.92 Å². The Labute approximate surface area is 178 Å². The van der Waals surface area contributed by atoms with Crippen LogP contribution in [0.25, 0.3) is 0 Å². The molecule has 6 heteroatoms. The van der Waals surface area contributed by atoms with Gasteiger partial charge in [-0.15, -0.1) is 0 Å². The second kappa shape index (κ2) is 10.9. The van der Waals surface area contributed by atoms with Crippen LogP contribution in [0.5, 0.6) is 5.75 Å². The minimum atomic E-state index is -0.659. The molecule has 29 heavy (non-hydrogen) atoms. The van der Waals surface area contributed by atoms with Gasteiger partial charge in [0.25, 0.3) is 5.91 Å². The third kappa shape index (κ3) is 6.50. The zero-order valence-electron chi connectivity index (χ0n) is 17.4. The van der Waals surface area contributed by atoms with Gasteiger partial charge in [0.2, 0.25) is 5.91 Å². The van der Waals surface area contributed by atoms with E-state index in [4.69, 9.17) is 16.3 Å². The Hall–Kier alpha value is -2.53. The van der Waals surface area contributed by atoms with Crippen molar-refractivity contribution in [3.8, 4) is 5.75 Å². The van der Waals surface area contributed by atoms with E-state index in [9.17, 15) is 9.59 Å². The number of para-hydroxylation sites is 1. The van der Waals surface area contributed by atoms with Crippen LogP contribution in [-0.4, -0.2) is 35.4 Å². The van der Waals surface area contributed by atoms with Gasteiger partial charge in [0, 0.05) is 17.6 Å². The molecule has 0 heterocycles. The quantitative estimate of drug-likeness (QED) is 0.660. The van der Waals surface area contributed by atoms with Gasteiger partial charge in [-0.3, -0.25) is 9.59 Å². The number of nitrogens with zero attached hydrogens (tertiary/aromatic N) is 1. The van der Waals surface area contributed by atoms with Crippen LogP contribution in [0.4, 0.5) is 0 Å². The van der Waals surface area contributed by atoms with Gasteiger partial charge in [0.1, 0.15) is 11.8 Å². The van der Waals surface area contributed by atoms with Gasteiger partial charge < -0.3 is 15.0 Å². The largest absolute Gasteiger partial charge is 0.484 e. The maximum atomic E-state index is 13.0. The summed E-state index contributed by atoms with van der Waals surface area (Å²) in [6, 6.07) is 14.2. The van der Waals surface area contributed by atoms with Crippen LogP contribution in [0.2, 0.25) is 5.02 Å². The number of halogens is 1. The highest BCUT2D eigenvalue weighted by atomic mass is 35.5. The molecule has 0 spiro atoms. The van der Waals surface area contributed by atoms with Gasteiger partial charge in [-0.05, 0) is 50.5 Å². The van der Waals surface area contributed by atoms with Crippen LogP contribution in [0.1, 0.15) is 38.3 Å². The fraction of sp³-hybridized carbons (Fsp3) is 0.391. The topological polar surface area (TPSA) is 58.6 Å². The monoisotopic (exact) mass is 416 g/mol. The summed E-state index contributed by atoms with van der Waals surface area (Å²) < 4.78 is 5.72. The molecule has 0 aliphatic rings. The van der Waals surface area contributed by atoms with Crippen LogP contribution >= 0.6 is 11.6 Å². The number of nitrogens with one attached hydrogen (secondary N) is 1. The number of hydrogen-bond donors (Lipinski definition) is 1. The summed E-state index contributed by atoms with van der Waals surface area (Å²) in [4.78, 5) is 27.2. The van der Waals surface area contributed by atoms with E-state index in [-0.39, 0.29) is 31.0 Å². The summed E-state index contributed by atoms with van der Waals surface area (Å²) in [5.41, 5.74) is 1.72. The van der Waals surface area contributed by atoms with E-state index in [0.29, 0.717) is 10.8 Å². The minimum absolute atomic E-state index is 0.0328. The van der Waals surface area contributed by atoms with Crippen LogP contribution in [0.15, 0.2) is 48.5 Å². The SMILES string of the molecule is CC[C@H](C)NC(=O)[C@H](C)N(Cc1ccccc1Cl)C(=O)COc1ccccc1C. The summed E-state index contributed by atoms with van der Waals surface area (Å²) in [6.07, 6.45) is 0.813. The molecule has 2 atom stereocenters. The number of amides is 2. The first kappa shape index (κ1) is 22.8. The second-order valence-electron chi connectivity index (χ2n) is 7.16. The lowest BCUT2D eigenvalue weighted by Crippen LogP contribution is -2.50. The molecule has 2 aromatic rings. The number of benzene rings is 2. The van der Waals surface area contributed by atoms with Gasteiger partial charge in [-0.1, -0.05) is 54.9 Å². The molecule has 5 nitrogen and oxygen atoms in total. The van der Waals surface area contributed by atoms with E-state index in [1.165, 1.54) is 4.90 Å². The molecule has 0 unspecified atom stereocenters. The minimum Gasteiger partial charge on any atom is -0.484 e. The van der Waals surface area contributed by atoms with E-state index in [0.717, 1.165) is 17.5 Å². The Morgan fingerprint density at radius 2 is 1.76 bits per heavy atom. The summed E-state index contributed by atoms with van der Waals surface area (Å²) in [5.74, 6) is 0.172. The molecule has 2 aromatic carbocycles. The summed E-state index contributed by atoms with van der Waals surface area (Å²) in [5, 5.41) is 3.50.